The van der Waals surface area contributed by atoms with E-state index in [1.54, 1.807) is 0 Å². The summed E-state index contributed by atoms with van der Waals surface area (Å²) in [5, 5.41) is 17.9. The van der Waals surface area contributed by atoms with E-state index in [2.05, 4.69) is 0 Å². The van der Waals surface area contributed by atoms with E-state index in [4.69, 9.17) is 14.6 Å². The monoisotopic (exact) mass is 258 g/mol. The third kappa shape index (κ3) is 3.02. The lowest BCUT2D eigenvalue weighted by Crippen LogP contribution is -2.30. The molecule has 0 aromatic carbocycles. The fraction of sp³-hybridized carbons (Fsp3) is 0.923. The lowest BCUT2D eigenvalue weighted by atomic mass is 9.77. The Kier molecular flexibility index (Phi) is 4.59. The normalized spacial score (nSPS) is 35.9. The molecule has 2 heterocycles. The molecule has 1 unspecified atom stereocenters. The fourth-order valence-corrected chi connectivity index (χ4v) is 3.25. The first-order valence-electron chi connectivity index (χ1n) is 6.71. The number of rotatable bonds is 7. The third-order valence-corrected chi connectivity index (χ3v) is 4.20. The van der Waals surface area contributed by atoms with Gasteiger partial charge in [0, 0.05) is 12.5 Å². The molecule has 0 aromatic heterocycles. The molecule has 5 heteroatoms. The number of carboxylic acids is 1. The lowest BCUT2D eigenvalue weighted by molar-refractivity contribution is -0.144. The number of hydrogen-bond acceptors (Lipinski definition) is 4. The van der Waals surface area contributed by atoms with E-state index in [1.807, 2.05) is 6.92 Å². The minimum atomic E-state index is -0.932. The van der Waals surface area contributed by atoms with Crippen molar-refractivity contribution in [1.29, 1.82) is 0 Å². The number of aliphatic carboxylic acids is 1. The van der Waals surface area contributed by atoms with Gasteiger partial charge in [-0.05, 0) is 38.5 Å². The maximum Gasteiger partial charge on any atom is 0.329 e. The van der Waals surface area contributed by atoms with Gasteiger partial charge in [0.25, 0.3) is 0 Å². The van der Waals surface area contributed by atoms with Gasteiger partial charge >= 0.3 is 5.97 Å². The van der Waals surface area contributed by atoms with Crippen LogP contribution in [0.4, 0.5) is 0 Å². The third-order valence-electron chi connectivity index (χ3n) is 4.20. The van der Waals surface area contributed by atoms with Gasteiger partial charge in [0.05, 0.1) is 18.3 Å². The minimum absolute atomic E-state index is 0.0560. The molecule has 18 heavy (non-hydrogen) atoms. The van der Waals surface area contributed by atoms with E-state index in [-0.39, 0.29) is 31.3 Å². The van der Waals surface area contributed by atoms with Gasteiger partial charge < -0.3 is 19.7 Å². The summed E-state index contributed by atoms with van der Waals surface area (Å²) in [5.41, 5.74) is 0. The quantitative estimate of drug-likeness (QED) is 0.713. The number of hydrogen-bond donors (Lipinski definition) is 2. The van der Waals surface area contributed by atoms with Crippen LogP contribution in [0.25, 0.3) is 0 Å². The molecule has 2 rings (SSSR count). The smallest absolute Gasteiger partial charge is 0.329 e. The predicted octanol–water partition coefficient (Wildman–Crippen LogP) is 1.04. The molecule has 0 amide bonds. The van der Waals surface area contributed by atoms with Crippen molar-refractivity contribution in [3.63, 3.8) is 0 Å². The van der Waals surface area contributed by atoms with Gasteiger partial charge in [0.2, 0.25) is 0 Å². The van der Waals surface area contributed by atoms with Gasteiger partial charge in [0.15, 0.2) is 0 Å². The molecule has 2 aliphatic heterocycles. The summed E-state index contributed by atoms with van der Waals surface area (Å²) in [6.45, 7) is 1.85. The summed E-state index contributed by atoms with van der Waals surface area (Å²) in [5.74, 6) is -0.265. The second-order valence-corrected chi connectivity index (χ2v) is 5.39. The predicted molar refractivity (Wildman–Crippen MR) is 64.2 cm³/mol. The van der Waals surface area contributed by atoms with Crippen molar-refractivity contribution in [3.8, 4) is 0 Å². The maximum atomic E-state index is 10.4. The highest BCUT2D eigenvalue weighted by molar-refractivity contribution is 5.68. The van der Waals surface area contributed by atoms with Gasteiger partial charge in [-0.1, -0.05) is 0 Å². The Bertz CT molecular complexity index is 293. The molecule has 2 saturated heterocycles. The SMILES string of the molecule is C[C@@H](CCC1[C@H]2CC[C@H](O2)[C@H]1CO)OCC(=O)O. The first-order valence-corrected chi connectivity index (χ1v) is 6.71. The second-order valence-electron chi connectivity index (χ2n) is 5.39. The second kappa shape index (κ2) is 5.99. The number of aliphatic hydroxyl groups excluding tert-OH is 1. The van der Waals surface area contributed by atoms with Crippen molar-refractivity contribution >= 4 is 5.97 Å². The molecule has 0 aliphatic carbocycles. The zero-order valence-electron chi connectivity index (χ0n) is 10.7. The van der Waals surface area contributed by atoms with Gasteiger partial charge in [-0.2, -0.15) is 0 Å². The molecule has 0 saturated carbocycles. The Morgan fingerprint density at radius 3 is 2.67 bits per heavy atom. The van der Waals surface area contributed by atoms with Crippen LogP contribution >= 0.6 is 0 Å². The van der Waals surface area contributed by atoms with Crippen molar-refractivity contribution in [2.24, 2.45) is 11.8 Å². The Hall–Kier alpha value is -0.650. The summed E-state index contributed by atoms with van der Waals surface area (Å²) >= 11 is 0. The number of ether oxygens (including phenoxy) is 2. The van der Waals surface area contributed by atoms with Crippen LogP contribution in [0.1, 0.15) is 32.6 Å². The summed E-state index contributed by atoms with van der Waals surface area (Å²) in [6.07, 6.45) is 4.39. The van der Waals surface area contributed by atoms with Gasteiger partial charge in [-0.3, -0.25) is 0 Å². The largest absolute Gasteiger partial charge is 0.480 e. The Morgan fingerprint density at radius 2 is 2.06 bits per heavy atom. The molecule has 2 aliphatic rings. The number of aliphatic hydroxyl groups is 1. The topological polar surface area (TPSA) is 76.0 Å². The van der Waals surface area contributed by atoms with E-state index in [0.717, 1.165) is 25.7 Å². The molecule has 104 valence electrons. The van der Waals surface area contributed by atoms with Gasteiger partial charge in [0.1, 0.15) is 6.61 Å². The fourth-order valence-electron chi connectivity index (χ4n) is 3.25. The van der Waals surface area contributed by atoms with Crippen LogP contribution < -0.4 is 0 Å². The summed E-state index contributed by atoms with van der Waals surface area (Å²) in [7, 11) is 0. The summed E-state index contributed by atoms with van der Waals surface area (Å²) in [6, 6.07) is 0. The van der Waals surface area contributed by atoms with Crippen LogP contribution in [-0.4, -0.2) is 47.7 Å². The molecule has 2 fully saturated rings. The first kappa shape index (κ1) is 13.8. The molecule has 5 nitrogen and oxygen atoms in total. The zero-order chi connectivity index (χ0) is 13.1. The van der Waals surface area contributed by atoms with E-state index in [0.29, 0.717) is 12.0 Å². The van der Waals surface area contributed by atoms with Gasteiger partial charge in [-0.25, -0.2) is 4.79 Å². The molecule has 2 bridgehead atoms. The number of fused-ring (bicyclic) bond motifs is 2. The molecule has 0 aromatic rings. The highest BCUT2D eigenvalue weighted by Crippen LogP contribution is 2.45. The highest BCUT2D eigenvalue weighted by atomic mass is 16.5. The van der Waals surface area contributed by atoms with Crippen LogP contribution in [0, 0.1) is 11.8 Å². The van der Waals surface area contributed by atoms with Crippen LogP contribution in [0.5, 0.6) is 0 Å². The number of carboxylic acid groups (broad SMARTS) is 1. The van der Waals surface area contributed by atoms with E-state index in [9.17, 15) is 9.90 Å². The van der Waals surface area contributed by atoms with Crippen LogP contribution in [0.2, 0.25) is 0 Å². The standard InChI is InChI=1S/C13H22O5/c1-8(17-7-13(15)16)2-3-9-10(6-14)12-5-4-11(9)18-12/h8-12,14H,2-7H2,1H3,(H,15,16)/t8-,9?,10-,11+,12-/m0/s1. The molecule has 0 radical (unpaired) electrons. The molecular weight excluding hydrogens is 236 g/mol. The summed E-state index contributed by atoms with van der Waals surface area (Å²) in [4.78, 5) is 10.4. The Morgan fingerprint density at radius 1 is 1.39 bits per heavy atom. The highest BCUT2D eigenvalue weighted by Gasteiger charge is 2.47. The van der Waals surface area contributed by atoms with Crippen molar-refractivity contribution in [1.82, 2.24) is 0 Å². The van der Waals surface area contributed by atoms with Crippen LogP contribution in [0.3, 0.4) is 0 Å². The van der Waals surface area contributed by atoms with E-state index in [1.165, 1.54) is 0 Å². The average Bonchev–Trinajstić information content (AvgIpc) is 2.93. The Labute approximate surface area is 107 Å². The summed E-state index contributed by atoms with van der Waals surface area (Å²) < 4.78 is 11.0. The Balaban J connectivity index is 1.74. The van der Waals surface area contributed by atoms with Crippen molar-refractivity contribution in [3.05, 3.63) is 0 Å². The molecular formula is C13H22O5. The van der Waals surface area contributed by atoms with Crippen LogP contribution in [-0.2, 0) is 14.3 Å². The minimum Gasteiger partial charge on any atom is -0.480 e. The maximum absolute atomic E-state index is 10.4. The molecule has 5 atom stereocenters. The zero-order valence-corrected chi connectivity index (χ0v) is 10.7. The van der Waals surface area contributed by atoms with Crippen molar-refractivity contribution in [2.75, 3.05) is 13.2 Å². The van der Waals surface area contributed by atoms with Gasteiger partial charge in [-0.15, -0.1) is 0 Å². The average molecular weight is 258 g/mol. The lowest BCUT2D eigenvalue weighted by Gasteiger charge is -2.27. The van der Waals surface area contributed by atoms with E-state index < -0.39 is 5.97 Å². The van der Waals surface area contributed by atoms with E-state index >= 15 is 0 Å². The van der Waals surface area contributed by atoms with Crippen molar-refractivity contribution in [2.45, 2.75) is 50.9 Å². The van der Waals surface area contributed by atoms with Crippen molar-refractivity contribution < 1.29 is 24.5 Å². The molecule has 2 N–H and O–H groups in total. The number of carbonyl (C=O) groups is 1. The van der Waals surface area contributed by atoms with Crippen LogP contribution in [0.15, 0.2) is 0 Å². The molecule has 0 spiro atoms. The first-order chi connectivity index (χ1) is 8.61.